The minimum Gasteiger partial charge on any atom is -0.0654 e. The molecule has 0 atom stereocenters. The van der Waals surface area contributed by atoms with Crippen molar-refractivity contribution in [2.45, 2.75) is 64.3 Å². The van der Waals surface area contributed by atoms with Crippen molar-refractivity contribution in [3.05, 3.63) is 0 Å². The van der Waals surface area contributed by atoms with E-state index >= 15 is 0 Å². The van der Waals surface area contributed by atoms with Crippen LogP contribution in [0.4, 0.5) is 0 Å². The van der Waals surface area contributed by atoms with Crippen LogP contribution in [0.25, 0.3) is 0 Å². The fourth-order valence-corrected chi connectivity index (χ4v) is 15.2. The second-order valence-electron chi connectivity index (χ2n) is 3.78. The Kier molecular flexibility index (Phi) is 16.2. The van der Waals surface area contributed by atoms with Crippen molar-refractivity contribution in [3.8, 4) is 0 Å². The third-order valence-corrected chi connectivity index (χ3v) is 16.0. The maximum Gasteiger partial charge on any atom is 0.0180 e. The largest absolute Gasteiger partial charge is 0.0654 e. The zero-order valence-electron chi connectivity index (χ0n) is 9.86. The van der Waals surface area contributed by atoms with Crippen molar-refractivity contribution < 1.29 is 0 Å². The van der Waals surface area contributed by atoms with Gasteiger partial charge in [-0.2, -0.15) is 0 Å². The van der Waals surface area contributed by atoms with Crippen LogP contribution in [0.3, 0.4) is 0 Å². The van der Waals surface area contributed by atoms with Crippen LogP contribution < -0.4 is 0 Å². The molecule has 0 N–H and O–H groups in total. The van der Waals surface area contributed by atoms with Gasteiger partial charge >= 0.3 is 0 Å². The molecule has 0 saturated carbocycles. The molecule has 0 aromatic carbocycles. The average molecular weight is 282 g/mol. The van der Waals surface area contributed by atoms with E-state index in [1.807, 2.05) is 0 Å². The van der Waals surface area contributed by atoms with Gasteiger partial charge < -0.3 is 0 Å². The fourth-order valence-electron chi connectivity index (χ4n) is 1.49. The predicted octanol–water partition coefficient (Wildman–Crippen LogP) is 2.19. The third kappa shape index (κ3) is 15.1. The van der Waals surface area contributed by atoms with Crippen LogP contribution >= 0.6 is 0 Å². The van der Waals surface area contributed by atoms with Gasteiger partial charge in [0.2, 0.25) is 0 Å². The molecule has 0 heterocycles. The topological polar surface area (TPSA) is 0 Å². The molecule has 5 heteroatoms. The van der Waals surface area contributed by atoms with Gasteiger partial charge in [0, 0.05) is 44.5 Å². The van der Waals surface area contributed by atoms with E-state index in [4.69, 9.17) is 0 Å². The van der Waals surface area contributed by atoms with Gasteiger partial charge in [-0.15, -0.1) is 0 Å². The summed E-state index contributed by atoms with van der Waals surface area (Å²) in [5.74, 6) is 0. The molecule has 0 nitrogen and oxygen atoms in total. The van der Waals surface area contributed by atoms with Crippen LogP contribution in [0.15, 0.2) is 0 Å². The Morgan fingerprint density at radius 2 is 1.40 bits per heavy atom. The van der Waals surface area contributed by atoms with Crippen molar-refractivity contribution in [3.63, 3.8) is 0 Å². The third-order valence-electron chi connectivity index (χ3n) is 2.37. The number of hydrogen-bond acceptors (Lipinski definition) is 0. The summed E-state index contributed by atoms with van der Waals surface area (Å²) in [6.07, 6.45) is 11.7. The molecular formula is C10H21Si5. The van der Waals surface area contributed by atoms with Gasteiger partial charge in [-0.05, 0) is 0 Å². The molecule has 0 bridgehead atoms. The summed E-state index contributed by atoms with van der Waals surface area (Å²) >= 11 is 0. The molecule has 0 aliphatic carbocycles. The lowest BCUT2D eigenvalue weighted by molar-refractivity contribution is 0.585. The highest BCUT2D eigenvalue weighted by molar-refractivity contribution is 7.51. The lowest BCUT2D eigenvalue weighted by Gasteiger charge is -2.01. The van der Waals surface area contributed by atoms with Gasteiger partial charge in [0.25, 0.3) is 0 Å². The van der Waals surface area contributed by atoms with E-state index in [1.165, 1.54) is 83.6 Å². The summed E-state index contributed by atoms with van der Waals surface area (Å²) in [5.41, 5.74) is 0. The molecule has 0 fully saturated rings. The van der Waals surface area contributed by atoms with E-state index in [-0.39, 0.29) is 0 Å². The summed E-state index contributed by atoms with van der Waals surface area (Å²) < 4.78 is 0. The Balaban J connectivity index is 2.81. The summed E-state index contributed by atoms with van der Waals surface area (Å²) in [4.78, 5) is 0. The monoisotopic (exact) mass is 281 g/mol. The number of unbranched alkanes of at least 4 members (excludes halogenated alkanes) is 7. The van der Waals surface area contributed by atoms with E-state index in [0.29, 0.717) is 0 Å². The van der Waals surface area contributed by atoms with Crippen molar-refractivity contribution in [1.29, 1.82) is 0 Å². The molecule has 0 aromatic heterocycles. The average Bonchev–Trinajstić information content (AvgIpc) is 2.26. The highest BCUT2D eigenvalue weighted by atomic mass is 29.8. The fraction of sp³-hybridized carbons (Fsp3) is 1.00. The number of hydrogen-bond donors (Lipinski definition) is 0. The van der Waals surface area contributed by atoms with Crippen LogP contribution in [0.2, 0.25) is 6.04 Å². The van der Waals surface area contributed by atoms with E-state index in [2.05, 4.69) is 16.7 Å². The van der Waals surface area contributed by atoms with Gasteiger partial charge in [-0.1, -0.05) is 64.3 Å². The smallest absolute Gasteiger partial charge is 0.0180 e. The van der Waals surface area contributed by atoms with Crippen LogP contribution in [0, 0.1) is 0 Å². The van der Waals surface area contributed by atoms with E-state index in [0.717, 1.165) is 8.55 Å². The molecule has 11 radical (unpaired) electrons. The minimum absolute atomic E-state index is 1.02. The van der Waals surface area contributed by atoms with E-state index < -0.39 is 0 Å². The molecule has 0 rings (SSSR count). The summed E-state index contributed by atoms with van der Waals surface area (Å²) in [6.45, 7) is 2.29. The molecular weight excluding hydrogens is 261 g/mol. The van der Waals surface area contributed by atoms with Crippen LogP contribution in [-0.4, -0.2) is 44.5 Å². The number of rotatable bonds is 12. The standard InChI is InChI=1S/C10H21Si5/c1-2-3-4-5-6-7-8-9-10-12-14-15-13-11/h2-10H2,1H3. The maximum atomic E-state index is 3.57. The van der Waals surface area contributed by atoms with Crippen molar-refractivity contribution in [2.24, 2.45) is 0 Å². The first kappa shape index (κ1) is 16.1. The lowest BCUT2D eigenvalue weighted by atomic mass is 10.1. The molecule has 0 aliphatic rings. The van der Waals surface area contributed by atoms with Crippen molar-refractivity contribution in [1.82, 2.24) is 0 Å². The molecule has 0 saturated heterocycles. The summed E-state index contributed by atoms with van der Waals surface area (Å²) in [7, 11) is 8.33. The molecule has 0 spiro atoms. The molecule has 0 unspecified atom stereocenters. The highest BCUT2D eigenvalue weighted by Crippen LogP contribution is 2.09. The molecule has 0 amide bonds. The van der Waals surface area contributed by atoms with E-state index in [1.54, 1.807) is 0 Å². The minimum atomic E-state index is 1.02. The predicted molar refractivity (Wildman–Crippen MR) is 76.2 cm³/mol. The van der Waals surface area contributed by atoms with Crippen LogP contribution in [0.5, 0.6) is 0 Å². The van der Waals surface area contributed by atoms with Crippen LogP contribution in [-0.2, 0) is 0 Å². The molecule has 81 valence electrons. The van der Waals surface area contributed by atoms with E-state index in [9.17, 15) is 0 Å². The van der Waals surface area contributed by atoms with Crippen LogP contribution in [0.1, 0.15) is 58.3 Å². The molecule has 0 aliphatic heterocycles. The van der Waals surface area contributed by atoms with Gasteiger partial charge in [0.05, 0.1) is 0 Å². The van der Waals surface area contributed by atoms with Crippen molar-refractivity contribution >= 4 is 44.5 Å². The van der Waals surface area contributed by atoms with Crippen molar-refractivity contribution in [2.75, 3.05) is 0 Å². The zero-order valence-corrected chi connectivity index (χ0v) is 14.9. The Morgan fingerprint density at radius 1 is 0.800 bits per heavy atom. The lowest BCUT2D eigenvalue weighted by Crippen LogP contribution is -2.18. The summed E-state index contributed by atoms with van der Waals surface area (Å²) in [6, 6.07) is 1.51. The molecule has 0 aromatic rings. The Morgan fingerprint density at radius 3 is 2.00 bits per heavy atom. The zero-order chi connectivity index (χ0) is 11.2. The highest BCUT2D eigenvalue weighted by Gasteiger charge is 1.93. The van der Waals surface area contributed by atoms with Gasteiger partial charge in [-0.25, -0.2) is 0 Å². The van der Waals surface area contributed by atoms with Gasteiger partial charge in [0.15, 0.2) is 0 Å². The first-order valence-corrected chi connectivity index (χ1v) is 14.8. The Bertz CT molecular complexity index is 98.0. The van der Waals surface area contributed by atoms with Gasteiger partial charge in [0.1, 0.15) is 0 Å². The Hall–Kier alpha value is 1.08. The maximum absolute atomic E-state index is 3.57. The first-order chi connectivity index (χ1) is 7.41. The second kappa shape index (κ2) is 15.1. The quantitative estimate of drug-likeness (QED) is 0.380. The first-order valence-electron chi connectivity index (χ1n) is 6.06. The Labute approximate surface area is 109 Å². The SMILES string of the molecule is CCCCCCCCCC[Si][Si][Si][Si][Si]. The summed E-state index contributed by atoms with van der Waals surface area (Å²) in [5, 5.41) is 0. The second-order valence-corrected chi connectivity index (χ2v) is 15.4. The molecule has 15 heavy (non-hydrogen) atoms. The van der Waals surface area contributed by atoms with Gasteiger partial charge in [-0.3, -0.25) is 0 Å². The normalized spacial score (nSPS) is 10.8.